The number of nitrogens with two attached hydrogens (primary N) is 1. The Labute approximate surface area is 119 Å². The van der Waals surface area contributed by atoms with Crippen molar-refractivity contribution in [2.24, 2.45) is 5.14 Å². The summed E-state index contributed by atoms with van der Waals surface area (Å²) in [6.45, 7) is 4.56. The van der Waals surface area contributed by atoms with Crippen molar-refractivity contribution in [1.29, 1.82) is 0 Å². The molecule has 1 aromatic heterocycles. The number of hydrogen-bond donors (Lipinski definition) is 1. The van der Waals surface area contributed by atoms with Gasteiger partial charge in [0.05, 0.1) is 0 Å². The Bertz CT molecular complexity index is 497. The summed E-state index contributed by atoms with van der Waals surface area (Å²) in [7, 11) is 0.179. The van der Waals surface area contributed by atoms with Crippen LogP contribution in [0.15, 0.2) is 10.3 Å². The van der Waals surface area contributed by atoms with Crippen molar-refractivity contribution in [3.8, 4) is 0 Å². The predicted octanol–water partition coefficient (Wildman–Crippen LogP) is 1.21. The minimum atomic E-state index is -3.57. The second-order valence-corrected chi connectivity index (χ2v) is 7.64. The standard InChI is InChI=1S/C12H22N2O3S2/c1-10-11(9-12(18-10)19(13,15)16)5-7-14(2)6-4-8-17-3/h9H,4-8H2,1-3H3,(H2,13,15,16). The molecule has 1 aromatic rings. The van der Waals surface area contributed by atoms with E-state index in [4.69, 9.17) is 9.88 Å². The van der Waals surface area contributed by atoms with E-state index in [-0.39, 0.29) is 4.21 Å². The van der Waals surface area contributed by atoms with Gasteiger partial charge in [-0.2, -0.15) is 0 Å². The Morgan fingerprint density at radius 3 is 2.63 bits per heavy atom. The van der Waals surface area contributed by atoms with Crippen LogP contribution in [0.2, 0.25) is 0 Å². The monoisotopic (exact) mass is 306 g/mol. The minimum absolute atomic E-state index is 0.252. The van der Waals surface area contributed by atoms with Crippen LogP contribution in [0, 0.1) is 6.92 Å². The number of primary sulfonamides is 1. The van der Waals surface area contributed by atoms with Crippen molar-refractivity contribution in [2.45, 2.75) is 24.0 Å². The first-order chi connectivity index (χ1) is 8.84. The molecule has 0 saturated carbocycles. The van der Waals surface area contributed by atoms with Gasteiger partial charge in [0.1, 0.15) is 4.21 Å². The zero-order valence-corrected chi connectivity index (χ0v) is 13.3. The average molecular weight is 306 g/mol. The summed E-state index contributed by atoms with van der Waals surface area (Å²) < 4.78 is 27.8. The summed E-state index contributed by atoms with van der Waals surface area (Å²) in [5, 5.41) is 5.13. The molecule has 0 aliphatic carbocycles. The highest BCUT2D eigenvalue weighted by Gasteiger charge is 2.14. The fourth-order valence-corrected chi connectivity index (χ4v) is 3.72. The summed E-state index contributed by atoms with van der Waals surface area (Å²) in [5.41, 5.74) is 1.06. The van der Waals surface area contributed by atoms with Crippen LogP contribution in [0.3, 0.4) is 0 Å². The molecule has 0 aliphatic heterocycles. The van der Waals surface area contributed by atoms with Crippen molar-refractivity contribution < 1.29 is 13.2 Å². The number of methoxy groups -OCH3 is 1. The molecule has 1 heterocycles. The van der Waals surface area contributed by atoms with Crippen LogP contribution in [0.25, 0.3) is 0 Å². The second-order valence-electron chi connectivity index (χ2n) is 4.59. The van der Waals surface area contributed by atoms with E-state index in [0.29, 0.717) is 0 Å². The maximum Gasteiger partial charge on any atom is 0.247 e. The summed E-state index contributed by atoms with van der Waals surface area (Å²) in [6, 6.07) is 1.69. The van der Waals surface area contributed by atoms with Crippen molar-refractivity contribution in [1.82, 2.24) is 4.90 Å². The molecule has 2 N–H and O–H groups in total. The fraction of sp³-hybridized carbons (Fsp3) is 0.667. The van der Waals surface area contributed by atoms with Gasteiger partial charge >= 0.3 is 0 Å². The van der Waals surface area contributed by atoms with Gasteiger partial charge in [0.15, 0.2) is 0 Å². The van der Waals surface area contributed by atoms with Gasteiger partial charge in [-0.05, 0) is 38.4 Å². The molecule has 110 valence electrons. The Balaban J connectivity index is 2.52. The van der Waals surface area contributed by atoms with E-state index in [1.807, 2.05) is 6.92 Å². The van der Waals surface area contributed by atoms with Crippen molar-refractivity contribution in [2.75, 3.05) is 33.9 Å². The van der Waals surface area contributed by atoms with Gasteiger partial charge in [0, 0.05) is 31.7 Å². The Morgan fingerprint density at radius 2 is 2.11 bits per heavy atom. The Morgan fingerprint density at radius 1 is 1.42 bits per heavy atom. The van der Waals surface area contributed by atoms with E-state index >= 15 is 0 Å². The van der Waals surface area contributed by atoms with Crippen molar-refractivity contribution in [3.05, 3.63) is 16.5 Å². The first-order valence-electron chi connectivity index (χ1n) is 6.14. The van der Waals surface area contributed by atoms with Crippen molar-refractivity contribution >= 4 is 21.4 Å². The van der Waals surface area contributed by atoms with Crippen LogP contribution in [0.5, 0.6) is 0 Å². The maximum absolute atomic E-state index is 11.3. The van der Waals surface area contributed by atoms with Gasteiger partial charge in [-0.15, -0.1) is 11.3 Å². The normalized spacial score (nSPS) is 12.3. The summed E-state index contributed by atoms with van der Waals surface area (Å²) >= 11 is 1.24. The molecule has 19 heavy (non-hydrogen) atoms. The molecule has 0 spiro atoms. The first-order valence-corrected chi connectivity index (χ1v) is 8.50. The van der Waals surface area contributed by atoms with Crippen LogP contribution in [-0.2, 0) is 21.2 Å². The maximum atomic E-state index is 11.3. The van der Waals surface area contributed by atoms with E-state index < -0.39 is 10.0 Å². The number of hydrogen-bond acceptors (Lipinski definition) is 5. The van der Waals surface area contributed by atoms with Gasteiger partial charge in [0.25, 0.3) is 0 Å². The largest absolute Gasteiger partial charge is 0.385 e. The van der Waals surface area contributed by atoms with Gasteiger partial charge in [-0.25, -0.2) is 13.6 Å². The van der Waals surface area contributed by atoms with E-state index in [1.54, 1.807) is 13.2 Å². The smallest absolute Gasteiger partial charge is 0.247 e. The predicted molar refractivity (Wildman–Crippen MR) is 78.1 cm³/mol. The van der Waals surface area contributed by atoms with Crippen LogP contribution < -0.4 is 5.14 Å². The molecule has 0 atom stereocenters. The lowest BCUT2D eigenvalue weighted by molar-refractivity contribution is 0.179. The molecule has 5 nitrogen and oxygen atoms in total. The Kier molecular flexibility index (Phi) is 6.41. The zero-order valence-electron chi connectivity index (χ0n) is 11.7. The molecule has 0 fully saturated rings. The van der Waals surface area contributed by atoms with Crippen LogP contribution >= 0.6 is 11.3 Å². The average Bonchev–Trinajstić information content (AvgIpc) is 2.68. The molecule has 0 saturated heterocycles. The Hall–Kier alpha value is -0.470. The number of ether oxygens (including phenoxy) is 1. The van der Waals surface area contributed by atoms with Gasteiger partial charge in [0.2, 0.25) is 10.0 Å². The molecule has 0 unspecified atom stereocenters. The molecule has 0 amide bonds. The number of aryl methyl sites for hydroxylation is 1. The van der Waals surface area contributed by atoms with Gasteiger partial charge in [-0.1, -0.05) is 0 Å². The number of nitrogens with zero attached hydrogens (tertiary/aromatic N) is 1. The third-order valence-electron chi connectivity index (χ3n) is 2.93. The second kappa shape index (κ2) is 7.35. The molecule has 1 rings (SSSR count). The molecule has 7 heteroatoms. The van der Waals surface area contributed by atoms with Crippen LogP contribution in [-0.4, -0.2) is 47.2 Å². The number of thiophene rings is 1. The quantitative estimate of drug-likeness (QED) is 0.733. The molecular weight excluding hydrogens is 284 g/mol. The third kappa shape index (κ3) is 5.58. The number of sulfonamides is 1. The van der Waals surface area contributed by atoms with E-state index in [1.165, 1.54) is 11.3 Å². The fourth-order valence-electron chi connectivity index (χ4n) is 1.78. The molecule has 0 radical (unpaired) electrons. The van der Waals surface area contributed by atoms with E-state index in [0.717, 1.165) is 43.0 Å². The highest BCUT2D eigenvalue weighted by Crippen LogP contribution is 2.25. The number of rotatable bonds is 8. The van der Waals surface area contributed by atoms with Gasteiger partial charge in [-0.3, -0.25) is 0 Å². The third-order valence-corrected chi connectivity index (χ3v) is 5.44. The summed E-state index contributed by atoms with van der Waals surface area (Å²) in [4.78, 5) is 3.24. The molecular formula is C12H22N2O3S2. The SMILES string of the molecule is COCCCN(C)CCc1cc(S(N)(=O)=O)sc1C. The lowest BCUT2D eigenvalue weighted by Gasteiger charge is -2.15. The highest BCUT2D eigenvalue weighted by atomic mass is 32.2. The summed E-state index contributed by atoms with van der Waals surface area (Å²) in [6.07, 6.45) is 1.83. The highest BCUT2D eigenvalue weighted by molar-refractivity contribution is 7.91. The number of likely N-dealkylation sites (N-methyl/N-ethyl adjacent to an activating group) is 1. The van der Waals surface area contributed by atoms with E-state index in [9.17, 15) is 8.42 Å². The topological polar surface area (TPSA) is 72.6 Å². The zero-order chi connectivity index (χ0) is 14.5. The lowest BCUT2D eigenvalue weighted by Crippen LogP contribution is -2.23. The van der Waals surface area contributed by atoms with Crippen molar-refractivity contribution in [3.63, 3.8) is 0 Å². The lowest BCUT2D eigenvalue weighted by atomic mass is 10.2. The molecule has 0 aliphatic rings. The molecule has 0 bridgehead atoms. The van der Waals surface area contributed by atoms with Gasteiger partial charge < -0.3 is 9.64 Å². The minimum Gasteiger partial charge on any atom is -0.385 e. The van der Waals surface area contributed by atoms with E-state index in [2.05, 4.69) is 11.9 Å². The molecule has 0 aromatic carbocycles. The van der Waals surface area contributed by atoms with Crippen LogP contribution in [0.1, 0.15) is 16.9 Å². The summed E-state index contributed by atoms with van der Waals surface area (Å²) in [5.74, 6) is 0. The van der Waals surface area contributed by atoms with Crippen LogP contribution in [0.4, 0.5) is 0 Å². The first kappa shape index (κ1) is 16.6.